The summed E-state index contributed by atoms with van der Waals surface area (Å²) in [6.45, 7) is 3.54. The van der Waals surface area contributed by atoms with Crippen LogP contribution in [0.5, 0.6) is 0 Å². The minimum atomic E-state index is -0.893. The summed E-state index contributed by atoms with van der Waals surface area (Å²) >= 11 is 0. The molecule has 31 heavy (non-hydrogen) atoms. The van der Waals surface area contributed by atoms with Crippen LogP contribution in [-0.2, 0) is 4.79 Å². The Hall–Kier alpha value is -4.11. The predicted molar refractivity (Wildman–Crippen MR) is 123 cm³/mol. The molecule has 156 valence electrons. The van der Waals surface area contributed by atoms with Crippen LogP contribution in [0.25, 0.3) is 0 Å². The topological polar surface area (TPSA) is 85.2 Å². The summed E-state index contributed by atoms with van der Waals surface area (Å²) in [6.07, 6.45) is 0. The fraction of sp³-hybridized carbons (Fsp3) is 0.160. The van der Waals surface area contributed by atoms with Gasteiger partial charge in [-0.15, -0.1) is 0 Å². The van der Waals surface area contributed by atoms with E-state index in [9.17, 15) is 9.59 Å². The van der Waals surface area contributed by atoms with E-state index in [0.717, 1.165) is 11.4 Å². The van der Waals surface area contributed by atoms with Gasteiger partial charge >= 0.3 is 0 Å². The number of anilines is 3. The molecule has 6 nitrogen and oxygen atoms in total. The van der Waals surface area contributed by atoms with E-state index in [1.54, 1.807) is 74.3 Å². The van der Waals surface area contributed by atoms with Gasteiger partial charge in [0, 0.05) is 29.7 Å². The molecule has 3 aromatic carbocycles. The number of hydrogen-bond donors (Lipinski definition) is 2. The largest absolute Gasteiger partial charge is 0.372 e. The van der Waals surface area contributed by atoms with Crippen LogP contribution in [0.3, 0.4) is 0 Å². The Morgan fingerprint density at radius 1 is 0.871 bits per heavy atom. The van der Waals surface area contributed by atoms with Crippen LogP contribution in [0, 0.1) is 11.3 Å². The molecule has 0 saturated heterocycles. The van der Waals surface area contributed by atoms with Crippen molar-refractivity contribution in [1.82, 2.24) is 0 Å². The van der Waals surface area contributed by atoms with Crippen molar-refractivity contribution < 1.29 is 9.59 Å². The smallest absolute Gasteiger partial charge is 0.258 e. The molecule has 0 atom stereocenters. The van der Waals surface area contributed by atoms with Crippen molar-refractivity contribution in [2.45, 2.75) is 19.4 Å². The molecule has 6 heteroatoms. The number of para-hydroxylation sites is 1. The van der Waals surface area contributed by atoms with E-state index in [0.29, 0.717) is 16.8 Å². The highest BCUT2D eigenvalue weighted by atomic mass is 16.2. The van der Waals surface area contributed by atoms with Gasteiger partial charge < -0.3 is 15.5 Å². The van der Waals surface area contributed by atoms with Gasteiger partial charge in [0.25, 0.3) is 5.91 Å². The summed E-state index contributed by atoms with van der Waals surface area (Å²) in [5.74, 6) is -0.357. The zero-order valence-electron chi connectivity index (χ0n) is 17.7. The van der Waals surface area contributed by atoms with Crippen molar-refractivity contribution in [3.05, 3.63) is 90.0 Å². The molecular formula is C25H24N4O2. The fourth-order valence-corrected chi connectivity index (χ4v) is 2.99. The van der Waals surface area contributed by atoms with Gasteiger partial charge in [-0.2, -0.15) is 5.26 Å². The minimum Gasteiger partial charge on any atom is -0.372 e. The Morgan fingerprint density at radius 3 is 2.03 bits per heavy atom. The third-order valence-corrected chi connectivity index (χ3v) is 4.88. The maximum Gasteiger partial charge on any atom is 0.258 e. The number of hydrogen-bond acceptors (Lipinski definition) is 4. The summed E-state index contributed by atoms with van der Waals surface area (Å²) in [5, 5.41) is 14.9. The van der Waals surface area contributed by atoms with Crippen molar-refractivity contribution in [1.29, 1.82) is 5.26 Å². The second kappa shape index (κ2) is 9.14. The highest BCUT2D eigenvalue weighted by Crippen LogP contribution is 2.20. The molecule has 2 amide bonds. The summed E-state index contributed by atoms with van der Waals surface area (Å²) in [6, 6.07) is 25.2. The molecule has 0 radical (unpaired) electrons. The summed E-state index contributed by atoms with van der Waals surface area (Å²) in [7, 11) is 1.73. The molecule has 0 aromatic heterocycles. The maximum absolute atomic E-state index is 12.8. The Labute approximate surface area is 182 Å². The van der Waals surface area contributed by atoms with Crippen LogP contribution < -0.4 is 15.5 Å². The number of nitriles is 1. The molecule has 3 aromatic rings. The molecule has 0 aliphatic carbocycles. The molecule has 0 bridgehead atoms. The van der Waals surface area contributed by atoms with Crippen LogP contribution in [0.4, 0.5) is 17.1 Å². The number of nitrogens with zero attached hydrogens (tertiary/aromatic N) is 2. The van der Waals surface area contributed by atoms with Crippen molar-refractivity contribution in [3.8, 4) is 6.07 Å². The van der Waals surface area contributed by atoms with Crippen molar-refractivity contribution in [2.75, 3.05) is 22.6 Å². The van der Waals surface area contributed by atoms with E-state index in [1.165, 1.54) is 0 Å². The zero-order chi connectivity index (χ0) is 22.4. The third-order valence-electron chi connectivity index (χ3n) is 4.88. The van der Waals surface area contributed by atoms with Crippen LogP contribution in [-0.4, -0.2) is 24.4 Å². The lowest BCUT2D eigenvalue weighted by atomic mass is 10.0. The van der Waals surface area contributed by atoms with Gasteiger partial charge in [-0.1, -0.05) is 18.2 Å². The third kappa shape index (κ3) is 5.28. The normalized spacial score (nSPS) is 10.6. The lowest BCUT2D eigenvalue weighted by Gasteiger charge is -2.26. The first-order chi connectivity index (χ1) is 14.8. The average Bonchev–Trinajstić information content (AvgIpc) is 2.79. The standard InChI is InChI=1S/C25H24N4O2/c1-25(2,28-21-13-9-18(17-26)10-14-21)24(31)27-20-15-11-19(12-16-20)23(30)29(3)22-7-5-4-6-8-22/h4-16,28H,1-3H3,(H,27,31). The van der Waals surface area contributed by atoms with Crippen LogP contribution in [0.15, 0.2) is 78.9 Å². The molecule has 0 aliphatic heterocycles. The van der Waals surface area contributed by atoms with Crippen molar-refractivity contribution >= 4 is 28.9 Å². The van der Waals surface area contributed by atoms with Crippen molar-refractivity contribution in [3.63, 3.8) is 0 Å². The molecule has 2 N–H and O–H groups in total. The van der Waals surface area contributed by atoms with Gasteiger partial charge in [-0.25, -0.2) is 0 Å². The Balaban J connectivity index is 1.64. The fourth-order valence-electron chi connectivity index (χ4n) is 2.99. The first-order valence-electron chi connectivity index (χ1n) is 9.83. The number of rotatable bonds is 6. The maximum atomic E-state index is 12.8. The Kier molecular flexibility index (Phi) is 6.37. The minimum absolute atomic E-state index is 0.133. The second-order valence-corrected chi connectivity index (χ2v) is 7.67. The summed E-state index contributed by atoms with van der Waals surface area (Å²) in [4.78, 5) is 27.0. The number of carbonyl (C=O) groups is 2. The lowest BCUT2D eigenvalue weighted by molar-refractivity contribution is -0.119. The van der Waals surface area contributed by atoms with E-state index in [4.69, 9.17) is 5.26 Å². The monoisotopic (exact) mass is 412 g/mol. The molecule has 3 rings (SSSR count). The Morgan fingerprint density at radius 2 is 1.45 bits per heavy atom. The van der Waals surface area contributed by atoms with Crippen molar-refractivity contribution in [2.24, 2.45) is 0 Å². The SMILES string of the molecule is CN(C(=O)c1ccc(NC(=O)C(C)(C)Nc2ccc(C#N)cc2)cc1)c1ccccc1. The zero-order valence-corrected chi connectivity index (χ0v) is 17.7. The van der Waals surface area contributed by atoms with Gasteiger partial charge in [0.1, 0.15) is 5.54 Å². The van der Waals surface area contributed by atoms with Crippen LogP contribution >= 0.6 is 0 Å². The molecule has 0 spiro atoms. The van der Waals surface area contributed by atoms with Gasteiger partial charge in [-0.05, 0) is 74.5 Å². The number of amides is 2. The van der Waals surface area contributed by atoms with Gasteiger partial charge in [0.05, 0.1) is 11.6 Å². The quantitative estimate of drug-likeness (QED) is 0.616. The molecule has 0 aliphatic rings. The first kappa shape index (κ1) is 21.6. The Bertz CT molecular complexity index is 1100. The summed E-state index contributed by atoms with van der Waals surface area (Å²) in [5.41, 5.74) is 2.33. The van der Waals surface area contributed by atoms with E-state index < -0.39 is 5.54 Å². The van der Waals surface area contributed by atoms with E-state index in [1.807, 2.05) is 30.3 Å². The number of nitrogens with one attached hydrogen (secondary N) is 2. The molecule has 0 heterocycles. The highest BCUT2D eigenvalue weighted by molar-refractivity contribution is 6.06. The average molecular weight is 412 g/mol. The lowest BCUT2D eigenvalue weighted by Crippen LogP contribution is -2.44. The molecule has 0 fully saturated rings. The van der Waals surface area contributed by atoms with Gasteiger partial charge in [-0.3, -0.25) is 9.59 Å². The summed E-state index contributed by atoms with van der Waals surface area (Å²) < 4.78 is 0. The molecule has 0 saturated carbocycles. The second-order valence-electron chi connectivity index (χ2n) is 7.67. The highest BCUT2D eigenvalue weighted by Gasteiger charge is 2.27. The molecule has 0 unspecified atom stereocenters. The number of benzene rings is 3. The van der Waals surface area contributed by atoms with Crippen LogP contribution in [0.1, 0.15) is 29.8 Å². The van der Waals surface area contributed by atoms with E-state index in [-0.39, 0.29) is 11.8 Å². The van der Waals surface area contributed by atoms with Crippen LogP contribution in [0.2, 0.25) is 0 Å². The first-order valence-corrected chi connectivity index (χ1v) is 9.83. The van der Waals surface area contributed by atoms with E-state index >= 15 is 0 Å². The van der Waals surface area contributed by atoms with Gasteiger partial charge in [0.15, 0.2) is 0 Å². The predicted octanol–water partition coefficient (Wildman–Crippen LogP) is 4.66. The van der Waals surface area contributed by atoms with Gasteiger partial charge in [0.2, 0.25) is 5.91 Å². The number of carbonyl (C=O) groups excluding carboxylic acids is 2. The molecular weight excluding hydrogens is 388 g/mol. The van der Waals surface area contributed by atoms with E-state index in [2.05, 4.69) is 16.7 Å².